The molecule has 1 aromatic heterocycles. The number of hydrogen-bond acceptors (Lipinski definition) is 3. The number of amides is 1. The van der Waals surface area contributed by atoms with Crippen LogP contribution in [0.15, 0.2) is 59.5 Å². The van der Waals surface area contributed by atoms with Crippen LogP contribution in [0.2, 0.25) is 0 Å². The van der Waals surface area contributed by atoms with Gasteiger partial charge >= 0.3 is 0 Å². The number of ether oxygens (including phenoxy) is 1. The van der Waals surface area contributed by atoms with Gasteiger partial charge in [-0.2, -0.15) is 0 Å². The third kappa shape index (κ3) is 3.01. The number of anilines is 1. The largest absolute Gasteiger partial charge is 0.496 e. The van der Waals surface area contributed by atoms with E-state index in [1.807, 2.05) is 31.2 Å². The van der Waals surface area contributed by atoms with Crippen LogP contribution in [0.5, 0.6) is 5.75 Å². The van der Waals surface area contributed by atoms with Crippen LogP contribution in [0.3, 0.4) is 0 Å². The number of benzene rings is 2. The maximum Gasteiger partial charge on any atom is 0.259 e. The third-order valence-corrected chi connectivity index (χ3v) is 3.93. The monoisotopic (exact) mass is 322 g/mol. The normalized spacial score (nSPS) is 10.6. The van der Waals surface area contributed by atoms with Crippen molar-refractivity contribution in [3.05, 3.63) is 70.6 Å². The highest BCUT2D eigenvalue weighted by atomic mass is 16.5. The maximum atomic E-state index is 12.6. The summed E-state index contributed by atoms with van der Waals surface area (Å²) in [5.74, 6) is 0.398. The van der Waals surface area contributed by atoms with Gasteiger partial charge in [0.1, 0.15) is 12.3 Å². The van der Waals surface area contributed by atoms with Crippen LogP contribution in [-0.2, 0) is 11.3 Å². The second-order valence-electron chi connectivity index (χ2n) is 5.53. The molecule has 0 aliphatic carbocycles. The van der Waals surface area contributed by atoms with Crippen molar-refractivity contribution in [1.82, 2.24) is 4.57 Å². The summed E-state index contributed by atoms with van der Waals surface area (Å²) in [5, 5.41) is 4.10. The molecule has 1 amide bonds. The lowest BCUT2D eigenvalue weighted by molar-refractivity contribution is -0.116. The topological polar surface area (TPSA) is 60.3 Å². The Morgan fingerprint density at radius 2 is 1.88 bits per heavy atom. The summed E-state index contributed by atoms with van der Waals surface area (Å²) in [6.45, 7) is 1.88. The number of aromatic nitrogens is 1. The van der Waals surface area contributed by atoms with Crippen LogP contribution in [0.25, 0.3) is 10.8 Å². The first-order valence-electron chi connectivity index (χ1n) is 7.62. The Balaban J connectivity index is 1.88. The summed E-state index contributed by atoms with van der Waals surface area (Å²) in [5.41, 5.74) is 1.51. The Bertz CT molecular complexity index is 960. The second-order valence-corrected chi connectivity index (χ2v) is 5.53. The summed E-state index contributed by atoms with van der Waals surface area (Å²) < 4.78 is 6.67. The van der Waals surface area contributed by atoms with Crippen molar-refractivity contribution in [2.45, 2.75) is 13.5 Å². The summed E-state index contributed by atoms with van der Waals surface area (Å²) in [7, 11) is 1.57. The lowest BCUT2D eigenvalue weighted by Gasteiger charge is -2.11. The Hall–Kier alpha value is -3.08. The minimum absolute atomic E-state index is 0.0414. The smallest absolute Gasteiger partial charge is 0.259 e. The molecule has 0 aliphatic rings. The van der Waals surface area contributed by atoms with Crippen LogP contribution < -0.4 is 15.6 Å². The van der Waals surface area contributed by atoms with Crippen LogP contribution in [0.4, 0.5) is 5.69 Å². The number of methoxy groups -OCH3 is 1. The van der Waals surface area contributed by atoms with Crippen LogP contribution in [0, 0.1) is 6.92 Å². The predicted molar refractivity (Wildman–Crippen MR) is 94.6 cm³/mol. The van der Waals surface area contributed by atoms with E-state index in [0.717, 1.165) is 16.6 Å². The molecule has 0 spiro atoms. The molecular formula is C19H18N2O3. The van der Waals surface area contributed by atoms with E-state index in [1.165, 1.54) is 4.57 Å². The number of rotatable bonds is 4. The molecule has 0 bridgehead atoms. The van der Waals surface area contributed by atoms with Crippen LogP contribution in [0.1, 0.15) is 5.56 Å². The van der Waals surface area contributed by atoms with Crippen molar-refractivity contribution >= 4 is 22.4 Å². The van der Waals surface area contributed by atoms with E-state index in [-0.39, 0.29) is 18.0 Å². The van der Waals surface area contributed by atoms with E-state index in [0.29, 0.717) is 11.1 Å². The molecule has 2 aromatic carbocycles. The van der Waals surface area contributed by atoms with Gasteiger partial charge in [0.2, 0.25) is 5.91 Å². The number of nitrogens with one attached hydrogen (secondary N) is 1. The number of aryl methyl sites for hydroxylation is 1. The number of para-hydroxylation sites is 1. The first-order chi connectivity index (χ1) is 11.6. The Labute approximate surface area is 139 Å². The first kappa shape index (κ1) is 15.8. The summed E-state index contributed by atoms with van der Waals surface area (Å²) in [6, 6.07) is 14.6. The molecule has 24 heavy (non-hydrogen) atoms. The average molecular weight is 322 g/mol. The summed E-state index contributed by atoms with van der Waals surface area (Å²) >= 11 is 0. The first-order valence-corrected chi connectivity index (χ1v) is 7.62. The van der Waals surface area contributed by atoms with Gasteiger partial charge in [-0.25, -0.2) is 0 Å². The number of hydrogen-bond donors (Lipinski definition) is 1. The number of fused-ring (bicyclic) bond motifs is 1. The van der Waals surface area contributed by atoms with Crippen molar-refractivity contribution in [2.75, 3.05) is 12.4 Å². The van der Waals surface area contributed by atoms with Crippen molar-refractivity contribution in [3.8, 4) is 5.75 Å². The SMILES string of the molecule is COc1cccc2c(=O)n(CC(=O)Nc3ccccc3C)ccc12. The lowest BCUT2D eigenvalue weighted by Crippen LogP contribution is -2.27. The molecule has 1 heterocycles. The van der Waals surface area contributed by atoms with Gasteiger partial charge in [0.05, 0.1) is 12.5 Å². The van der Waals surface area contributed by atoms with Crippen LogP contribution in [-0.4, -0.2) is 17.6 Å². The van der Waals surface area contributed by atoms with E-state index in [1.54, 1.807) is 37.6 Å². The molecule has 5 nitrogen and oxygen atoms in total. The van der Waals surface area contributed by atoms with Gasteiger partial charge in [-0.3, -0.25) is 9.59 Å². The molecular weight excluding hydrogens is 304 g/mol. The molecule has 1 N–H and O–H groups in total. The van der Waals surface area contributed by atoms with Gasteiger partial charge in [-0.15, -0.1) is 0 Å². The highest BCUT2D eigenvalue weighted by molar-refractivity contribution is 5.92. The minimum Gasteiger partial charge on any atom is -0.496 e. The van der Waals surface area contributed by atoms with Gasteiger partial charge in [-0.05, 0) is 36.8 Å². The highest BCUT2D eigenvalue weighted by Gasteiger charge is 2.10. The third-order valence-electron chi connectivity index (χ3n) is 3.93. The minimum atomic E-state index is -0.242. The molecule has 5 heteroatoms. The van der Waals surface area contributed by atoms with Crippen molar-refractivity contribution in [3.63, 3.8) is 0 Å². The molecule has 0 atom stereocenters. The quantitative estimate of drug-likeness (QED) is 0.803. The molecule has 0 radical (unpaired) electrons. The number of carbonyl (C=O) groups excluding carboxylic acids is 1. The predicted octanol–water partition coefficient (Wildman–Crippen LogP) is 2.96. The molecule has 3 aromatic rings. The average Bonchev–Trinajstić information content (AvgIpc) is 2.59. The summed E-state index contributed by atoms with van der Waals surface area (Å²) in [6.07, 6.45) is 1.62. The molecule has 3 rings (SSSR count). The van der Waals surface area contributed by atoms with Gasteiger partial charge in [0.15, 0.2) is 0 Å². The van der Waals surface area contributed by atoms with E-state index in [4.69, 9.17) is 4.74 Å². The molecule has 0 saturated heterocycles. The van der Waals surface area contributed by atoms with Crippen molar-refractivity contribution < 1.29 is 9.53 Å². The van der Waals surface area contributed by atoms with Gasteiger partial charge in [0.25, 0.3) is 5.56 Å². The van der Waals surface area contributed by atoms with Crippen molar-refractivity contribution in [1.29, 1.82) is 0 Å². The second kappa shape index (κ2) is 6.58. The molecule has 0 fully saturated rings. The van der Waals surface area contributed by atoms with Crippen molar-refractivity contribution in [2.24, 2.45) is 0 Å². The van der Waals surface area contributed by atoms with Crippen LogP contribution >= 0.6 is 0 Å². The van der Waals surface area contributed by atoms with E-state index in [9.17, 15) is 9.59 Å². The number of nitrogens with zero attached hydrogens (tertiary/aromatic N) is 1. The number of pyridine rings is 1. The Morgan fingerprint density at radius 3 is 2.62 bits per heavy atom. The molecule has 0 aliphatic heterocycles. The van der Waals surface area contributed by atoms with Gasteiger partial charge in [-0.1, -0.05) is 24.3 Å². The zero-order valence-electron chi connectivity index (χ0n) is 13.6. The maximum absolute atomic E-state index is 12.6. The standard InChI is InChI=1S/C19H18N2O3/c1-13-6-3-4-8-16(13)20-18(22)12-21-11-10-14-15(19(21)23)7-5-9-17(14)24-2/h3-11H,12H2,1-2H3,(H,20,22). The Kier molecular flexibility index (Phi) is 4.33. The van der Waals surface area contributed by atoms with E-state index >= 15 is 0 Å². The molecule has 0 saturated carbocycles. The zero-order valence-corrected chi connectivity index (χ0v) is 13.6. The fourth-order valence-corrected chi connectivity index (χ4v) is 2.65. The van der Waals surface area contributed by atoms with Gasteiger partial charge < -0.3 is 14.6 Å². The Morgan fingerprint density at radius 1 is 1.08 bits per heavy atom. The fourth-order valence-electron chi connectivity index (χ4n) is 2.65. The summed E-state index contributed by atoms with van der Waals surface area (Å²) in [4.78, 5) is 24.8. The molecule has 0 unspecified atom stereocenters. The highest BCUT2D eigenvalue weighted by Crippen LogP contribution is 2.22. The molecule has 122 valence electrons. The zero-order chi connectivity index (χ0) is 17.1. The number of carbonyl (C=O) groups is 1. The van der Waals surface area contributed by atoms with E-state index < -0.39 is 0 Å². The lowest BCUT2D eigenvalue weighted by atomic mass is 10.1. The fraction of sp³-hybridized carbons (Fsp3) is 0.158. The van der Waals surface area contributed by atoms with E-state index in [2.05, 4.69) is 5.32 Å². The van der Waals surface area contributed by atoms with Gasteiger partial charge in [0, 0.05) is 17.3 Å².